The summed E-state index contributed by atoms with van der Waals surface area (Å²) >= 11 is 0. The third-order valence-electron chi connectivity index (χ3n) is 3.89. The van der Waals surface area contributed by atoms with E-state index in [9.17, 15) is 9.90 Å². The highest BCUT2D eigenvalue weighted by atomic mass is 16.5. The van der Waals surface area contributed by atoms with E-state index >= 15 is 0 Å². The standard InChI is InChI=1S/C15H25N3O3/c1-4-21-14(19)13-12(9-11(2)3)18(17-16-13)10-15(20)7-5-6-8-15/h11,20H,4-10H2,1-3H3. The normalized spacial score (nSPS) is 17.4. The van der Waals surface area contributed by atoms with Crippen LogP contribution in [0.2, 0.25) is 0 Å². The number of nitrogens with zero attached hydrogens (tertiary/aromatic N) is 3. The molecule has 1 aromatic heterocycles. The van der Waals surface area contributed by atoms with E-state index in [0.29, 0.717) is 25.5 Å². The lowest BCUT2D eigenvalue weighted by molar-refractivity contribution is 0.0249. The molecule has 1 saturated carbocycles. The van der Waals surface area contributed by atoms with Gasteiger partial charge in [-0.25, -0.2) is 9.48 Å². The summed E-state index contributed by atoms with van der Waals surface area (Å²) in [6, 6.07) is 0. The van der Waals surface area contributed by atoms with E-state index in [1.165, 1.54) is 0 Å². The third kappa shape index (κ3) is 3.81. The summed E-state index contributed by atoms with van der Waals surface area (Å²) in [6.45, 7) is 6.65. The SMILES string of the molecule is CCOC(=O)c1nnn(CC2(O)CCCC2)c1CC(C)C. The first-order chi connectivity index (χ1) is 9.95. The summed E-state index contributed by atoms with van der Waals surface area (Å²) < 4.78 is 6.73. The van der Waals surface area contributed by atoms with Crippen LogP contribution in [0, 0.1) is 5.92 Å². The van der Waals surface area contributed by atoms with Crippen molar-refractivity contribution in [3.63, 3.8) is 0 Å². The van der Waals surface area contributed by atoms with Gasteiger partial charge in [0.1, 0.15) is 0 Å². The first-order valence-electron chi connectivity index (χ1n) is 7.77. The van der Waals surface area contributed by atoms with Gasteiger partial charge in [0.2, 0.25) is 0 Å². The Morgan fingerprint density at radius 1 is 1.43 bits per heavy atom. The third-order valence-corrected chi connectivity index (χ3v) is 3.89. The molecule has 0 aromatic carbocycles. The van der Waals surface area contributed by atoms with Gasteiger partial charge in [-0.3, -0.25) is 0 Å². The fourth-order valence-corrected chi connectivity index (χ4v) is 2.88. The maximum atomic E-state index is 12.0. The number of hydrogen-bond acceptors (Lipinski definition) is 5. The molecule has 0 bridgehead atoms. The highest BCUT2D eigenvalue weighted by Gasteiger charge is 2.33. The molecule has 0 radical (unpaired) electrons. The van der Waals surface area contributed by atoms with Gasteiger partial charge in [-0.1, -0.05) is 31.9 Å². The maximum Gasteiger partial charge on any atom is 0.360 e. The van der Waals surface area contributed by atoms with Crippen LogP contribution >= 0.6 is 0 Å². The van der Waals surface area contributed by atoms with E-state index < -0.39 is 11.6 Å². The summed E-state index contributed by atoms with van der Waals surface area (Å²) in [6.07, 6.45) is 4.33. The van der Waals surface area contributed by atoms with Crippen molar-refractivity contribution in [2.75, 3.05) is 6.61 Å². The number of carbonyl (C=O) groups excluding carboxylic acids is 1. The molecule has 2 rings (SSSR count). The zero-order chi connectivity index (χ0) is 15.5. The summed E-state index contributed by atoms with van der Waals surface area (Å²) in [7, 11) is 0. The molecule has 1 heterocycles. The highest BCUT2D eigenvalue weighted by Crippen LogP contribution is 2.31. The first kappa shape index (κ1) is 15.9. The second-order valence-electron chi connectivity index (χ2n) is 6.29. The van der Waals surface area contributed by atoms with Crippen molar-refractivity contribution in [2.24, 2.45) is 5.92 Å². The molecule has 118 valence electrons. The monoisotopic (exact) mass is 295 g/mol. The molecule has 1 aromatic rings. The van der Waals surface area contributed by atoms with E-state index in [2.05, 4.69) is 24.2 Å². The van der Waals surface area contributed by atoms with Crippen molar-refractivity contribution in [2.45, 2.75) is 65.0 Å². The zero-order valence-electron chi connectivity index (χ0n) is 13.1. The van der Waals surface area contributed by atoms with Crippen LogP contribution in [0.5, 0.6) is 0 Å². The Bertz CT molecular complexity index is 490. The first-order valence-corrected chi connectivity index (χ1v) is 7.77. The van der Waals surface area contributed by atoms with Crippen LogP contribution < -0.4 is 0 Å². The van der Waals surface area contributed by atoms with Crippen molar-refractivity contribution < 1.29 is 14.6 Å². The molecule has 1 fully saturated rings. The van der Waals surface area contributed by atoms with Crippen molar-refractivity contribution >= 4 is 5.97 Å². The van der Waals surface area contributed by atoms with E-state index in [0.717, 1.165) is 31.4 Å². The van der Waals surface area contributed by atoms with Crippen LogP contribution in [0.3, 0.4) is 0 Å². The van der Waals surface area contributed by atoms with Gasteiger partial charge in [0, 0.05) is 0 Å². The zero-order valence-corrected chi connectivity index (χ0v) is 13.1. The van der Waals surface area contributed by atoms with Crippen LogP contribution in [0.15, 0.2) is 0 Å². The minimum atomic E-state index is -0.717. The lowest BCUT2D eigenvalue weighted by atomic mass is 10.0. The van der Waals surface area contributed by atoms with Crippen LogP contribution in [0.1, 0.15) is 62.6 Å². The molecule has 1 aliphatic carbocycles. The maximum absolute atomic E-state index is 12.0. The molecular formula is C15H25N3O3. The second-order valence-corrected chi connectivity index (χ2v) is 6.29. The molecule has 0 amide bonds. The van der Waals surface area contributed by atoms with Crippen molar-refractivity contribution in [3.05, 3.63) is 11.4 Å². The molecule has 6 nitrogen and oxygen atoms in total. The number of ether oxygens (including phenoxy) is 1. The quantitative estimate of drug-likeness (QED) is 0.812. The van der Waals surface area contributed by atoms with Gasteiger partial charge < -0.3 is 9.84 Å². The molecule has 0 spiro atoms. The summed E-state index contributed by atoms with van der Waals surface area (Å²) in [5.74, 6) is -0.0635. The second kappa shape index (κ2) is 6.56. The van der Waals surface area contributed by atoms with Crippen molar-refractivity contribution in [1.82, 2.24) is 15.0 Å². The topological polar surface area (TPSA) is 77.2 Å². The molecular weight excluding hydrogens is 270 g/mol. The Kier molecular flexibility index (Phi) is 4.98. The van der Waals surface area contributed by atoms with Gasteiger partial charge in [-0.2, -0.15) is 0 Å². The number of hydrogen-bond donors (Lipinski definition) is 1. The van der Waals surface area contributed by atoms with Gasteiger partial charge in [0.25, 0.3) is 0 Å². The van der Waals surface area contributed by atoms with Crippen LogP contribution in [0.25, 0.3) is 0 Å². The minimum Gasteiger partial charge on any atom is -0.461 e. The Morgan fingerprint density at radius 3 is 2.67 bits per heavy atom. The van der Waals surface area contributed by atoms with Gasteiger partial charge in [0.15, 0.2) is 5.69 Å². The molecule has 0 unspecified atom stereocenters. The summed E-state index contributed by atoms with van der Waals surface area (Å²) in [5, 5.41) is 18.6. The Labute approximate surface area is 125 Å². The highest BCUT2D eigenvalue weighted by molar-refractivity contribution is 5.88. The molecule has 1 N–H and O–H groups in total. The lowest BCUT2D eigenvalue weighted by Gasteiger charge is -2.23. The van der Waals surface area contributed by atoms with Gasteiger partial charge in [-0.15, -0.1) is 5.10 Å². The number of aromatic nitrogens is 3. The van der Waals surface area contributed by atoms with Gasteiger partial charge >= 0.3 is 5.97 Å². The van der Waals surface area contributed by atoms with E-state index in [1.807, 2.05) is 0 Å². The largest absolute Gasteiger partial charge is 0.461 e. The van der Waals surface area contributed by atoms with Crippen molar-refractivity contribution in [1.29, 1.82) is 0 Å². The number of aliphatic hydroxyl groups is 1. The molecule has 0 atom stereocenters. The van der Waals surface area contributed by atoms with Crippen LogP contribution in [-0.4, -0.2) is 38.3 Å². The Balaban J connectivity index is 2.25. The summed E-state index contributed by atoms with van der Waals surface area (Å²) in [5.41, 5.74) is 0.335. The molecule has 0 aliphatic heterocycles. The van der Waals surface area contributed by atoms with Crippen molar-refractivity contribution in [3.8, 4) is 0 Å². The number of carbonyl (C=O) groups is 1. The Hall–Kier alpha value is -1.43. The predicted molar refractivity (Wildman–Crippen MR) is 77.9 cm³/mol. The summed E-state index contributed by atoms with van der Waals surface area (Å²) in [4.78, 5) is 12.0. The van der Waals surface area contributed by atoms with E-state index in [4.69, 9.17) is 4.74 Å². The smallest absolute Gasteiger partial charge is 0.360 e. The number of esters is 1. The van der Waals surface area contributed by atoms with E-state index in [1.54, 1.807) is 11.6 Å². The molecule has 6 heteroatoms. The Morgan fingerprint density at radius 2 is 2.10 bits per heavy atom. The number of rotatable bonds is 6. The molecule has 21 heavy (non-hydrogen) atoms. The van der Waals surface area contributed by atoms with E-state index in [-0.39, 0.29) is 5.69 Å². The van der Waals surface area contributed by atoms with Gasteiger partial charge in [0.05, 0.1) is 24.4 Å². The molecule has 1 aliphatic rings. The average Bonchev–Trinajstić information content (AvgIpc) is 2.98. The fraction of sp³-hybridized carbons (Fsp3) is 0.800. The van der Waals surface area contributed by atoms with Crippen LogP contribution in [-0.2, 0) is 17.7 Å². The van der Waals surface area contributed by atoms with Crippen LogP contribution in [0.4, 0.5) is 0 Å². The molecule has 0 saturated heterocycles. The predicted octanol–water partition coefficient (Wildman–Crippen LogP) is 1.96. The minimum absolute atomic E-state index is 0.284. The lowest BCUT2D eigenvalue weighted by Crippen LogP contribution is -2.32. The van der Waals surface area contributed by atoms with Gasteiger partial charge in [-0.05, 0) is 32.1 Å². The average molecular weight is 295 g/mol. The fourth-order valence-electron chi connectivity index (χ4n) is 2.88.